The van der Waals surface area contributed by atoms with E-state index in [1.54, 1.807) is 0 Å². The maximum atomic E-state index is 5.96. The summed E-state index contributed by atoms with van der Waals surface area (Å²) in [7, 11) is 0. The van der Waals surface area contributed by atoms with Gasteiger partial charge in [-0.2, -0.15) is 0 Å². The first-order valence-electron chi connectivity index (χ1n) is 7.31. The first-order chi connectivity index (χ1) is 9.01. The predicted octanol–water partition coefficient (Wildman–Crippen LogP) is 4.49. The van der Waals surface area contributed by atoms with E-state index < -0.39 is 0 Å². The van der Waals surface area contributed by atoms with Crippen molar-refractivity contribution in [2.24, 2.45) is 11.1 Å². The predicted molar refractivity (Wildman–Crippen MR) is 86.6 cm³/mol. The molecule has 0 aliphatic carbocycles. The summed E-state index contributed by atoms with van der Waals surface area (Å²) in [6.45, 7) is 9.02. The summed E-state index contributed by atoms with van der Waals surface area (Å²) < 4.78 is 1.13. The molecule has 106 valence electrons. The molecule has 1 aromatic carbocycles. The third kappa shape index (κ3) is 2.97. The minimum atomic E-state index is 0.0763. The van der Waals surface area contributed by atoms with Gasteiger partial charge in [0.05, 0.1) is 0 Å². The lowest BCUT2D eigenvalue weighted by Gasteiger charge is -2.27. The Morgan fingerprint density at radius 1 is 1.37 bits per heavy atom. The average molecular weight is 325 g/mol. The van der Waals surface area contributed by atoms with Crippen molar-refractivity contribution in [1.82, 2.24) is 0 Å². The van der Waals surface area contributed by atoms with Crippen LogP contribution in [0.1, 0.15) is 51.6 Å². The van der Waals surface area contributed by atoms with Gasteiger partial charge in [0.1, 0.15) is 0 Å². The van der Waals surface area contributed by atoms with E-state index in [4.69, 9.17) is 5.73 Å². The van der Waals surface area contributed by atoms with E-state index >= 15 is 0 Å². The molecule has 1 aromatic rings. The zero-order valence-electron chi connectivity index (χ0n) is 12.2. The third-order valence-electron chi connectivity index (χ3n) is 4.78. The Morgan fingerprint density at radius 3 is 2.53 bits per heavy atom. The molecule has 3 heteroatoms. The van der Waals surface area contributed by atoms with Crippen molar-refractivity contribution < 1.29 is 0 Å². The topological polar surface area (TPSA) is 29.3 Å². The van der Waals surface area contributed by atoms with Crippen LogP contribution in [0.4, 0.5) is 5.69 Å². The van der Waals surface area contributed by atoms with Gasteiger partial charge in [-0.3, -0.25) is 0 Å². The molecular formula is C16H25BrN2. The lowest BCUT2D eigenvalue weighted by Crippen LogP contribution is -2.26. The van der Waals surface area contributed by atoms with Gasteiger partial charge < -0.3 is 10.6 Å². The monoisotopic (exact) mass is 324 g/mol. The number of anilines is 1. The van der Waals surface area contributed by atoms with E-state index in [0.717, 1.165) is 4.47 Å². The van der Waals surface area contributed by atoms with Crippen molar-refractivity contribution >= 4 is 21.6 Å². The van der Waals surface area contributed by atoms with Crippen LogP contribution in [0.2, 0.25) is 0 Å². The van der Waals surface area contributed by atoms with Crippen LogP contribution in [-0.2, 0) is 0 Å². The van der Waals surface area contributed by atoms with Crippen LogP contribution in [0, 0.1) is 5.41 Å². The summed E-state index contributed by atoms with van der Waals surface area (Å²) in [6, 6.07) is 6.67. The van der Waals surface area contributed by atoms with E-state index in [2.05, 4.69) is 52.9 Å². The Morgan fingerprint density at radius 2 is 2.05 bits per heavy atom. The van der Waals surface area contributed by atoms with Crippen molar-refractivity contribution in [3.05, 3.63) is 28.2 Å². The van der Waals surface area contributed by atoms with Crippen LogP contribution in [-0.4, -0.2) is 13.1 Å². The highest BCUT2D eigenvalue weighted by Gasteiger charge is 2.35. The first kappa shape index (κ1) is 14.9. The number of nitrogens with two attached hydrogens (primary N) is 1. The van der Waals surface area contributed by atoms with Crippen molar-refractivity contribution in [3.63, 3.8) is 0 Å². The normalized spacial score (nSPS) is 19.7. The summed E-state index contributed by atoms with van der Waals surface area (Å²) in [5.41, 5.74) is 8.98. The summed E-state index contributed by atoms with van der Waals surface area (Å²) in [6.07, 6.45) is 3.87. The maximum absolute atomic E-state index is 5.96. The number of benzene rings is 1. The zero-order chi connectivity index (χ0) is 14.0. The van der Waals surface area contributed by atoms with Crippen LogP contribution in [0.3, 0.4) is 0 Å². The molecule has 1 heterocycles. The second-order valence-corrected chi connectivity index (χ2v) is 6.73. The molecular weight excluding hydrogens is 300 g/mol. The lowest BCUT2D eigenvalue weighted by atomic mass is 9.82. The van der Waals surface area contributed by atoms with Crippen LogP contribution in [0.5, 0.6) is 0 Å². The molecule has 0 aromatic heterocycles. The fraction of sp³-hybridized carbons (Fsp3) is 0.625. The van der Waals surface area contributed by atoms with E-state index in [0.29, 0.717) is 5.41 Å². The van der Waals surface area contributed by atoms with Crippen molar-refractivity contribution in [3.8, 4) is 0 Å². The molecule has 1 atom stereocenters. The highest BCUT2D eigenvalue weighted by Crippen LogP contribution is 2.40. The molecule has 2 rings (SSSR count). The number of hydrogen-bond donors (Lipinski definition) is 1. The van der Waals surface area contributed by atoms with Gasteiger partial charge >= 0.3 is 0 Å². The fourth-order valence-corrected chi connectivity index (χ4v) is 3.79. The Labute approximate surface area is 125 Å². The SMILES string of the molecule is CCC1(CC)CCN(c2ccc([C@H](C)N)c(Br)c2)C1. The first-order valence-corrected chi connectivity index (χ1v) is 8.10. The molecule has 1 fully saturated rings. The summed E-state index contributed by atoms with van der Waals surface area (Å²) in [5.74, 6) is 0. The fourth-order valence-electron chi connectivity index (χ4n) is 3.06. The molecule has 0 bridgehead atoms. The number of rotatable bonds is 4. The minimum Gasteiger partial charge on any atom is -0.371 e. The lowest BCUT2D eigenvalue weighted by molar-refractivity contribution is 0.301. The Bertz CT molecular complexity index is 438. The zero-order valence-corrected chi connectivity index (χ0v) is 13.8. The van der Waals surface area contributed by atoms with Gasteiger partial charge in [-0.05, 0) is 49.3 Å². The molecule has 19 heavy (non-hydrogen) atoms. The summed E-state index contributed by atoms with van der Waals surface area (Å²) in [5, 5.41) is 0. The van der Waals surface area contributed by atoms with Gasteiger partial charge in [-0.1, -0.05) is 35.8 Å². The molecule has 0 unspecified atom stereocenters. The van der Waals surface area contributed by atoms with Crippen molar-refractivity contribution in [1.29, 1.82) is 0 Å². The number of nitrogens with zero attached hydrogens (tertiary/aromatic N) is 1. The van der Waals surface area contributed by atoms with Gasteiger partial charge in [-0.25, -0.2) is 0 Å². The summed E-state index contributed by atoms with van der Waals surface area (Å²) in [4.78, 5) is 2.52. The molecule has 1 aliphatic rings. The Hall–Kier alpha value is -0.540. The smallest absolute Gasteiger partial charge is 0.0377 e. The largest absolute Gasteiger partial charge is 0.371 e. The molecule has 0 spiro atoms. The van der Waals surface area contributed by atoms with E-state index in [1.807, 2.05) is 6.92 Å². The minimum absolute atomic E-state index is 0.0763. The molecule has 2 N–H and O–H groups in total. The van der Waals surface area contributed by atoms with E-state index in [-0.39, 0.29) is 6.04 Å². The second kappa shape index (κ2) is 5.84. The van der Waals surface area contributed by atoms with Crippen LogP contribution in [0.25, 0.3) is 0 Å². The standard InChI is InChI=1S/C16H25BrN2/c1-4-16(5-2)8-9-19(11-16)13-6-7-14(12(3)18)15(17)10-13/h6-7,10,12H,4-5,8-9,11,18H2,1-3H3/t12-/m0/s1. The Kier molecular flexibility index (Phi) is 4.57. The average Bonchev–Trinajstić information content (AvgIpc) is 2.83. The number of halogens is 1. The van der Waals surface area contributed by atoms with Gasteiger partial charge in [0.15, 0.2) is 0 Å². The van der Waals surface area contributed by atoms with Gasteiger partial charge in [0.25, 0.3) is 0 Å². The molecule has 2 nitrogen and oxygen atoms in total. The van der Waals surface area contributed by atoms with Crippen molar-refractivity contribution in [2.45, 2.75) is 46.1 Å². The number of hydrogen-bond acceptors (Lipinski definition) is 2. The second-order valence-electron chi connectivity index (χ2n) is 5.87. The maximum Gasteiger partial charge on any atom is 0.0377 e. The quantitative estimate of drug-likeness (QED) is 0.884. The molecule has 0 amide bonds. The van der Waals surface area contributed by atoms with Crippen LogP contribution in [0.15, 0.2) is 22.7 Å². The highest BCUT2D eigenvalue weighted by atomic mass is 79.9. The van der Waals surface area contributed by atoms with E-state index in [9.17, 15) is 0 Å². The van der Waals surface area contributed by atoms with Gasteiger partial charge in [0.2, 0.25) is 0 Å². The molecule has 1 aliphatic heterocycles. The molecule has 1 saturated heterocycles. The van der Waals surface area contributed by atoms with Crippen molar-refractivity contribution in [2.75, 3.05) is 18.0 Å². The van der Waals surface area contributed by atoms with Crippen LogP contribution < -0.4 is 10.6 Å². The highest BCUT2D eigenvalue weighted by molar-refractivity contribution is 9.10. The van der Waals surface area contributed by atoms with Gasteiger partial charge in [0, 0.05) is 29.3 Å². The van der Waals surface area contributed by atoms with Crippen LogP contribution >= 0.6 is 15.9 Å². The molecule has 0 saturated carbocycles. The Balaban J connectivity index is 2.18. The van der Waals surface area contributed by atoms with E-state index in [1.165, 1.54) is 43.6 Å². The molecule has 0 radical (unpaired) electrons. The summed E-state index contributed by atoms with van der Waals surface area (Å²) >= 11 is 3.65. The third-order valence-corrected chi connectivity index (χ3v) is 5.46. The van der Waals surface area contributed by atoms with Gasteiger partial charge in [-0.15, -0.1) is 0 Å².